The van der Waals surface area contributed by atoms with E-state index in [-0.39, 0.29) is 45.2 Å². The van der Waals surface area contributed by atoms with E-state index >= 15 is 0 Å². The molecule has 1 aliphatic rings. The minimum Gasteiger partial charge on any atom is -0.392 e. The van der Waals surface area contributed by atoms with Crippen molar-refractivity contribution in [1.29, 1.82) is 0 Å². The average Bonchev–Trinajstić information content (AvgIpc) is 3.24. The van der Waals surface area contributed by atoms with Gasteiger partial charge in [-0.25, -0.2) is 0 Å². The van der Waals surface area contributed by atoms with E-state index in [0.29, 0.717) is 31.3 Å². The van der Waals surface area contributed by atoms with Gasteiger partial charge in [-0.15, -0.1) is 10.3 Å². The molecule has 0 aliphatic heterocycles. The first-order chi connectivity index (χ1) is 11.8. The van der Waals surface area contributed by atoms with Gasteiger partial charge in [0.1, 0.15) is 5.78 Å². The third kappa shape index (κ3) is 5.80. The normalized spacial score (nSPS) is 19.8. The zero-order valence-electron chi connectivity index (χ0n) is 14.3. The summed E-state index contributed by atoms with van der Waals surface area (Å²) in [5.41, 5.74) is 2.11. The Labute approximate surface area is 178 Å². The minimum absolute atomic E-state index is 0. The Morgan fingerprint density at radius 3 is 2.76 bits per heavy atom. The smallest absolute Gasteiger partial charge is 0.136 e. The first-order valence-corrected chi connectivity index (χ1v) is 9.32. The van der Waals surface area contributed by atoms with Crippen LogP contribution in [0.4, 0.5) is 0 Å². The van der Waals surface area contributed by atoms with E-state index in [2.05, 4.69) is 5.38 Å². The maximum absolute atomic E-state index is 12.2. The number of Topliss-reactive ketones (excluding diaryl/α,β-unsaturated/α-hetero) is 1. The summed E-state index contributed by atoms with van der Waals surface area (Å²) in [6.45, 7) is 1.31. The molecule has 1 aromatic carbocycles. The van der Waals surface area contributed by atoms with Gasteiger partial charge >= 0.3 is 0 Å². The standard InChI is InChI=1S/C20H23O3S.Y/c21-12-16-5-2-1-4-15(16)7-9-19-17(8-10-20(19)22)13-23-14-18-6-3-11-24-18;/h1-6,17,19,21H,7-10,12-14H2;/q-1;/t17-,19-;/m1./s1. The van der Waals surface area contributed by atoms with Crippen LogP contribution in [0.25, 0.3) is 0 Å². The van der Waals surface area contributed by atoms with Crippen LogP contribution in [0.1, 0.15) is 35.3 Å². The molecule has 25 heavy (non-hydrogen) atoms. The van der Waals surface area contributed by atoms with Crippen LogP contribution in [0.2, 0.25) is 0 Å². The number of rotatable bonds is 8. The number of carbonyl (C=O) groups is 1. The number of ketones is 1. The van der Waals surface area contributed by atoms with Crippen molar-refractivity contribution in [1.82, 2.24) is 0 Å². The molecule has 3 rings (SSSR count). The number of hydrogen-bond acceptors (Lipinski definition) is 4. The summed E-state index contributed by atoms with van der Waals surface area (Å²) in [7, 11) is 0. The van der Waals surface area contributed by atoms with Gasteiger partial charge in [-0.05, 0) is 36.3 Å². The van der Waals surface area contributed by atoms with Gasteiger partial charge in [0.2, 0.25) is 0 Å². The van der Waals surface area contributed by atoms with Crippen molar-refractivity contribution in [3.8, 4) is 0 Å². The van der Waals surface area contributed by atoms with Crippen LogP contribution in [0.15, 0.2) is 36.4 Å². The van der Waals surface area contributed by atoms with Crippen LogP contribution in [-0.2, 0) is 61.9 Å². The summed E-state index contributed by atoms with van der Waals surface area (Å²) in [5.74, 6) is 0.781. The van der Waals surface area contributed by atoms with Crippen LogP contribution in [-0.4, -0.2) is 17.5 Å². The summed E-state index contributed by atoms with van der Waals surface area (Å²) in [4.78, 5) is 13.4. The van der Waals surface area contributed by atoms with E-state index in [0.717, 1.165) is 30.4 Å². The monoisotopic (exact) mass is 432 g/mol. The van der Waals surface area contributed by atoms with Crippen molar-refractivity contribution in [2.24, 2.45) is 11.8 Å². The Morgan fingerprint density at radius 1 is 1.24 bits per heavy atom. The number of benzene rings is 1. The van der Waals surface area contributed by atoms with E-state index in [9.17, 15) is 9.90 Å². The fourth-order valence-electron chi connectivity index (χ4n) is 3.50. The van der Waals surface area contributed by atoms with Crippen molar-refractivity contribution >= 4 is 17.1 Å². The molecule has 0 saturated heterocycles. The topological polar surface area (TPSA) is 46.5 Å². The fraction of sp³-hybridized carbons (Fsp3) is 0.450. The predicted molar refractivity (Wildman–Crippen MR) is 94.7 cm³/mol. The Hall–Kier alpha value is -0.386. The third-order valence-corrected chi connectivity index (χ3v) is 5.63. The molecule has 0 spiro atoms. The number of aliphatic hydroxyl groups is 1. The predicted octanol–water partition coefficient (Wildman–Crippen LogP) is 3.78. The van der Waals surface area contributed by atoms with Gasteiger partial charge in [0, 0.05) is 58.3 Å². The van der Waals surface area contributed by atoms with Crippen molar-refractivity contribution in [2.75, 3.05) is 6.61 Å². The Balaban J connectivity index is 0.00000225. The van der Waals surface area contributed by atoms with E-state index in [1.54, 1.807) is 11.3 Å². The number of hydrogen-bond donors (Lipinski definition) is 1. The number of thiophene rings is 1. The molecule has 2 aromatic rings. The van der Waals surface area contributed by atoms with E-state index in [4.69, 9.17) is 4.74 Å². The fourth-order valence-corrected chi connectivity index (χ4v) is 4.06. The molecule has 0 amide bonds. The number of ether oxygens (including phenoxy) is 1. The molecule has 1 radical (unpaired) electrons. The quantitative estimate of drug-likeness (QED) is 0.646. The molecule has 3 nitrogen and oxygen atoms in total. The van der Waals surface area contributed by atoms with Crippen LogP contribution in [0.3, 0.4) is 0 Å². The molecule has 1 saturated carbocycles. The van der Waals surface area contributed by atoms with Crippen molar-refractivity contribution in [2.45, 2.75) is 38.9 Å². The van der Waals surface area contributed by atoms with Gasteiger partial charge in [0.05, 0.1) is 6.61 Å². The molecule has 0 unspecified atom stereocenters. The number of aliphatic hydroxyl groups excluding tert-OH is 1. The van der Waals surface area contributed by atoms with Crippen molar-refractivity contribution < 1.29 is 47.3 Å². The summed E-state index contributed by atoms with van der Waals surface area (Å²) in [5, 5.41) is 12.5. The molecule has 2 atom stereocenters. The van der Waals surface area contributed by atoms with Gasteiger partial charge in [-0.3, -0.25) is 16.1 Å². The van der Waals surface area contributed by atoms with E-state index in [1.165, 1.54) is 4.88 Å². The van der Waals surface area contributed by atoms with Crippen LogP contribution in [0, 0.1) is 17.2 Å². The Kier molecular flexibility index (Phi) is 8.94. The minimum atomic E-state index is 0. The third-order valence-electron chi connectivity index (χ3n) is 4.86. The van der Waals surface area contributed by atoms with Crippen LogP contribution in [0.5, 0.6) is 0 Å². The van der Waals surface area contributed by atoms with Gasteiger partial charge in [0.15, 0.2) is 0 Å². The van der Waals surface area contributed by atoms with Crippen molar-refractivity contribution in [3.05, 3.63) is 57.8 Å². The molecule has 1 aliphatic carbocycles. The first kappa shape index (κ1) is 20.9. The molecule has 1 fully saturated rings. The Morgan fingerprint density at radius 2 is 2.04 bits per heavy atom. The second kappa shape index (κ2) is 10.7. The molecule has 131 valence electrons. The van der Waals surface area contributed by atoms with E-state index in [1.807, 2.05) is 36.4 Å². The Bertz CT molecular complexity index is 657. The van der Waals surface area contributed by atoms with E-state index < -0.39 is 0 Å². The molecule has 1 N–H and O–H groups in total. The van der Waals surface area contributed by atoms with Gasteiger partial charge in [0.25, 0.3) is 0 Å². The van der Waals surface area contributed by atoms with Gasteiger partial charge in [-0.2, -0.15) is 12.1 Å². The molecule has 0 bridgehead atoms. The second-order valence-electron chi connectivity index (χ2n) is 6.37. The van der Waals surface area contributed by atoms with Gasteiger partial charge < -0.3 is 9.84 Å². The maximum atomic E-state index is 12.2. The zero-order valence-corrected chi connectivity index (χ0v) is 18.0. The summed E-state index contributed by atoms with van der Waals surface area (Å²) in [6.07, 6.45) is 3.29. The SMILES string of the molecule is O=C1CC[C@H](COCc2cc[c-]s2)[C@H]1CCc1ccccc1CO.[Y]. The van der Waals surface area contributed by atoms with Crippen LogP contribution < -0.4 is 0 Å². The van der Waals surface area contributed by atoms with Gasteiger partial charge in [-0.1, -0.05) is 24.3 Å². The maximum Gasteiger partial charge on any atom is 0.136 e. The zero-order chi connectivity index (χ0) is 16.8. The summed E-state index contributed by atoms with van der Waals surface area (Å²) in [6, 6.07) is 11.9. The first-order valence-electron chi connectivity index (χ1n) is 8.50. The van der Waals surface area contributed by atoms with Crippen molar-refractivity contribution in [3.63, 3.8) is 0 Å². The molecular weight excluding hydrogens is 409 g/mol. The van der Waals surface area contributed by atoms with Crippen LogP contribution >= 0.6 is 11.3 Å². The number of carbonyl (C=O) groups excluding carboxylic acids is 1. The summed E-state index contributed by atoms with van der Waals surface area (Å²) >= 11 is 1.58. The molecule has 5 heteroatoms. The molecule has 1 aromatic heterocycles. The second-order valence-corrected chi connectivity index (χ2v) is 7.34. The largest absolute Gasteiger partial charge is 0.392 e. The number of aryl methyl sites for hydroxylation is 1. The average molecular weight is 432 g/mol. The molecular formula is C20H23O3SY-. The summed E-state index contributed by atoms with van der Waals surface area (Å²) < 4.78 is 5.84. The molecule has 1 heterocycles.